The van der Waals surface area contributed by atoms with Crippen LogP contribution in [-0.2, 0) is 29.2 Å². The lowest BCUT2D eigenvalue weighted by Crippen LogP contribution is -2.27. The molecule has 0 unspecified atom stereocenters. The Morgan fingerprint density at radius 2 is 1.92 bits per heavy atom. The number of carbonyl (C=O) groups excluding carboxylic acids is 1. The van der Waals surface area contributed by atoms with E-state index in [1.54, 1.807) is 25.4 Å². The van der Waals surface area contributed by atoms with E-state index in [2.05, 4.69) is 10.4 Å². The quantitative estimate of drug-likeness (QED) is 0.704. The van der Waals surface area contributed by atoms with E-state index < -0.39 is 0 Å². The molecule has 25 heavy (non-hydrogen) atoms. The maximum absolute atomic E-state index is 12.2. The summed E-state index contributed by atoms with van der Waals surface area (Å²) in [4.78, 5) is 24.2. The van der Waals surface area contributed by atoms with E-state index in [-0.39, 0.29) is 24.6 Å². The van der Waals surface area contributed by atoms with Gasteiger partial charge in [0.1, 0.15) is 0 Å². The molecule has 7 heteroatoms. The summed E-state index contributed by atoms with van der Waals surface area (Å²) in [5.41, 5.74) is 2.39. The largest absolute Gasteiger partial charge is 0.380 e. The number of rotatable bonds is 7. The monoisotopic (exact) mass is 340 g/mol. The predicted molar refractivity (Wildman–Crippen MR) is 93.1 cm³/mol. The molecular weight excluding hydrogens is 320 g/mol. The second-order valence-corrected chi connectivity index (χ2v) is 5.66. The molecule has 0 fully saturated rings. The summed E-state index contributed by atoms with van der Waals surface area (Å²) in [5.74, 6) is -0.129. The smallest absolute Gasteiger partial charge is 0.350 e. The zero-order valence-corrected chi connectivity index (χ0v) is 14.0. The Morgan fingerprint density at radius 1 is 1.16 bits per heavy atom. The van der Waals surface area contributed by atoms with Gasteiger partial charge in [-0.2, -0.15) is 0 Å². The third-order valence-corrected chi connectivity index (χ3v) is 3.93. The normalized spacial score (nSPS) is 10.9. The maximum atomic E-state index is 12.2. The van der Waals surface area contributed by atoms with Crippen LogP contribution < -0.4 is 11.0 Å². The summed E-state index contributed by atoms with van der Waals surface area (Å²) < 4.78 is 7.93. The zero-order valence-electron chi connectivity index (χ0n) is 14.0. The number of carbonyl (C=O) groups is 1. The Labute approximate surface area is 144 Å². The SMILES string of the molecule is COCc1ccccc1CNC(=O)CCn1nc2ccccn2c1=O. The Bertz CT molecular complexity index is 929. The van der Waals surface area contributed by atoms with Crippen molar-refractivity contribution in [2.45, 2.75) is 26.1 Å². The molecule has 2 heterocycles. The average Bonchev–Trinajstić information content (AvgIpc) is 2.96. The fourth-order valence-corrected chi connectivity index (χ4v) is 2.63. The molecule has 3 rings (SSSR count). The maximum Gasteiger partial charge on any atom is 0.350 e. The first kappa shape index (κ1) is 16.9. The van der Waals surface area contributed by atoms with Crippen molar-refractivity contribution in [1.29, 1.82) is 0 Å². The van der Waals surface area contributed by atoms with E-state index in [0.717, 1.165) is 11.1 Å². The third-order valence-electron chi connectivity index (χ3n) is 3.93. The number of aromatic nitrogens is 3. The van der Waals surface area contributed by atoms with E-state index in [9.17, 15) is 9.59 Å². The molecule has 0 radical (unpaired) electrons. The second kappa shape index (κ2) is 7.76. The van der Waals surface area contributed by atoms with Crippen molar-refractivity contribution >= 4 is 11.6 Å². The van der Waals surface area contributed by atoms with Crippen molar-refractivity contribution in [3.8, 4) is 0 Å². The van der Waals surface area contributed by atoms with Crippen LogP contribution in [0.4, 0.5) is 0 Å². The highest BCUT2D eigenvalue weighted by Crippen LogP contribution is 2.09. The van der Waals surface area contributed by atoms with Crippen molar-refractivity contribution in [1.82, 2.24) is 19.5 Å². The van der Waals surface area contributed by atoms with Crippen LogP contribution in [0.1, 0.15) is 17.5 Å². The molecule has 0 bridgehead atoms. The van der Waals surface area contributed by atoms with Crippen LogP contribution in [0.2, 0.25) is 0 Å². The van der Waals surface area contributed by atoms with Crippen LogP contribution in [0.15, 0.2) is 53.5 Å². The van der Waals surface area contributed by atoms with Crippen LogP contribution in [0.3, 0.4) is 0 Å². The highest BCUT2D eigenvalue weighted by Gasteiger charge is 2.09. The van der Waals surface area contributed by atoms with Crippen molar-refractivity contribution in [2.24, 2.45) is 0 Å². The molecule has 7 nitrogen and oxygen atoms in total. The van der Waals surface area contributed by atoms with Crippen LogP contribution in [0, 0.1) is 0 Å². The summed E-state index contributed by atoms with van der Waals surface area (Å²) in [5, 5.41) is 7.09. The Morgan fingerprint density at radius 3 is 2.68 bits per heavy atom. The number of ether oxygens (including phenoxy) is 1. The van der Waals surface area contributed by atoms with Gasteiger partial charge in [-0.1, -0.05) is 30.3 Å². The zero-order chi connectivity index (χ0) is 17.6. The van der Waals surface area contributed by atoms with Gasteiger partial charge in [-0.3, -0.25) is 9.20 Å². The summed E-state index contributed by atoms with van der Waals surface area (Å²) >= 11 is 0. The van der Waals surface area contributed by atoms with E-state index >= 15 is 0 Å². The number of pyridine rings is 1. The second-order valence-electron chi connectivity index (χ2n) is 5.66. The molecule has 0 saturated heterocycles. The van der Waals surface area contributed by atoms with Gasteiger partial charge in [-0.15, -0.1) is 5.10 Å². The molecule has 1 aromatic carbocycles. The molecule has 1 N–H and O–H groups in total. The van der Waals surface area contributed by atoms with E-state index in [0.29, 0.717) is 18.8 Å². The van der Waals surface area contributed by atoms with Crippen molar-refractivity contribution in [2.75, 3.05) is 7.11 Å². The third kappa shape index (κ3) is 3.95. The standard InChI is InChI=1S/C18H20N4O3/c1-25-13-15-7-3-2-6-14(15)12-19-17(23)9-11-22-18(24)21-10-5-4-8-16(21)20-22/h2-8,10H,9,11-13H2,1H3,(H,19,23). The molecule has 0 aliphatic rings. The lowest BCUT2D eigenvalue weighted by atomic mass is 10.1. The first-order valence-electron chi connectivity index (χ1n) is 8.05. The molecule has 3 aromatic rings. The molecule has 1 amide bonds. The van der Waals surface area contributed by atoms with Crippen molar-refractivity contribution in [3.05, 3.63) is 70.3 Å². The van der Waals surface area contributed by atoms with Gasteiger partial charge in [0.15, 0.2) is 5.65 Å². The average molecular weight is 340 g/mol. The van der Waals surface area contributed by atoms with Gasteiger partial charge >= 0.3 is 5.69 Å². The summed E-state index contributed by atoms with van der Waals surface area (Å²) in [6.07, 6.45) is 1.85. The molecular formula is C18H20N4O3. The molecule has 0 aliphatic heterocycles. The van der Waals surface area contributed by atoms with Gasteiger partial charge in [0.25, 0.3) is 0 Å². The molecule has 0 spiro atoms. The number of nitrogens with zero attached hydrogens (tertiary/aromatic N) is 3. The van der Waals surface area contributed by atoms with Crippen molar-refractivity contribution < 1.29 is 9.53 Å². The van der Waals surface area contributed by atoms with Gasteiger partial charge in [0, 0.05) is 26.3 Å². The molecule has 2 aromatic heterocycles. The van der Waals surface area contributed by atoms with E-state index in [4.69, 9.17) is 4.74 Å². The molecule has 0 saturated carbocycles. The first-order valence-corrected chi connectivity index (χ1v) is 8.05. The van der Waals surface area contributed by atoms with Crippen LogP contribution in [-0.4, -0.2) is 27.2 Å². The minimum absolute atomic E-state index is 0.129. The number of fused-ring (bicyclic) bond motifs is 1. The van der Waals surface area contributed by atoms with Crippen LogP contribution in [0.5, 0.6) is 0 Å². The van der Waals surface area contributed by atoms with Gasteiger partial charge in [-0.05, 0) is 23.3 Å². The number of aryl methyl sites for hydroxylation is 1. The number of hydrogen-bond acceptors (Lipinski definition) is 4. The van der Waals surface area contributed by atoms with E-state index in [1.165, 1.54) is 9.08 Å². The fraction of sp³-hybridized carbons (Fsp3) is 0.278. The number of amides is 1. The minimum atomic E-state index is -0.242. The Hall–Kier alpha value is -2.93. The van der Waals surface area contributed by atoms with Gasteiger partial charge in [0.2, 0.25) is 5.91 Å². The topological polar surface area (TPSA) is 77.6 Å². The van der Waals surface area contributed by atoms with Gasteiger partial charge in [-0.25, -0.2) is 9.48 Å². The number of benzene rings is 1. The molecule has 130 valence electrons. The van der Waals surface area contributed by atoms with Gasteiger partial charge in [0.05, 0.1) is 13.2 Å². The van der Waals surface area contributed by atoms with E-state index in [1.807, 2.05) is 30.3 Å². The Balaban J connectivity index is 1.58. The number of nitrogens with one attached hydrogen (secondary N) is 1. The lowest BCUT2D eigenvalue weighted by molar-refractivity contribution is -0.121. The highest BCUT2D eigenvalue weighted by molar-refractivity contribution is 5.75. The molecule has 0 atom stereocenters. The first-order chi connectivity index (χ1) is 12.2. The lowest BCUT2D eigenvalue weighted by Gasteiger charge is -2.10. The fourth-order valence-electron chi connectivity index (χ4n) is 2.63. The molecule has 0 aliphatic carbocycles. The number of methoxy groups -OCH3 is 1. The number of hydrogen-bond donors (Lipinski definition) is 1. The summed E-state index contributed by atoms with van der Waals surface area (Å²) in [7, 11) is 1.64. The summed E-state index contributed by atoms with van der Waals surface area (Å²) in [6.45, 7) is 1.17. The highest BCUT2D eigenvalue weighted by atomic mass is 16.5. The van der Waals surface area contributed by atoms with Gasteiger partial charge < -0.3 is 10.1 Å². The predicted octanol–water partition coefficient (Wildman–Crippen LogP) is 1.35. The Kier molecular flexibility index (Phi) is 5.25. The summed E-state index contributed by atoms with van der Waals surface area (Å²) in [6, 6.07) is 13.1. The van der Waals surface area contributed by atoms with Crippen LogP contribution in [0.25, 0.3) is 5.65 Å². The van der Waals surface area contributed by atoms with Crippen LogP contribution >= 0.6 is 0 Å². The van der Waals surface area contributed by atoms with Crippen molar-refractivity contribution in [3.63, 3.8) is 0 Å². The minimum Gasteiger partial charge on any atom is -0.380 e.